The Kier molecular flexibility index (Phi) is 3.18. The first kappa shape index (κ1) is 12.5. The molecule has 1 aromatic heterocycles. The van der Waals surface area contributed by atoms with Crippen molar-refractivity contribution in [2.45, 2.75) is 37.4 Å². The van der Waals surface area contributed by atoms with Crippen LogP contribution >= 0.6 is 23.4 Å². The second-order valence-corrected chi connectivity index (χ2v) is 7.90. The van der Waals surface area contributed by atoms with Crippen molar-refractivity contribution in [2.24, 2.45) is 0 Å². The number of nitrogens with zero attached hydrogens (tertiary/aromatic N) is 3. The van der Waals surface area contributed by atoms with E-state index in [4.69, 9.17) is 16.6 Å². The number of aromatic nitrogens is 2. The van der Waals surface area contributed by atoms with Crippen molar-refractivity contribution >= 4 is 29.2 Å². The number of hydrogen-bond donors (Lipinski definition) is 0. The average molecular weight is 284 g/mol. The van der Waals surface area contributed by atoms with Gasteiger partial charge in [0.2, 0.25) is 0 Å². The Morgan fingerprint density at radius 2 is 2.17 bits per heavy atom. The normalized spacial score (nSPS) is 23.2. The van der Waals surface area contributed by atoms with Crippen molar-refractivity contribution in [2.75, 3.05) is 23.7 Å². The van der Waals surface area contributed by atoms with Gasteiger partial charge in [-0.2, -0.15) is 11.8 Å². The molecule has 0 bridgehead atoms. The van der Waals surface area contributed by atoms with Crippen LogP contribution in [0.25, 0.3) is 0 Å². The largest absolute Gasteiger partial charge is 0.354 e. The van der Waals surface area contributed by atoms with E-state index in [0.717, 1.165) is 30.5 Å². The van der Waals surface area contributed by atoms with Gasteiger partial charge in [-0.25, -0.2) is 9.97 Å². The van der Waals surface area contributed by atoms with Gasteiger partial charge in [0.05, 0.1) is 0 Å². The molecule has 3 rings (SSSR count). The molecule has 0 amide bonds. The lowest BCUT2D eigenvalue weighted by Crippen LogP contribution is -2.43. The van der Waals surface area contributed by atoms with Crippen molar-refractivity contribution in [1.29, 1.82) is 0 Å². The van der Waals surface area contributed by atoms with Crippen molar-refractivity contribution in [1.82, 2.24) is 9.97 Å². The molecular formula is C13H18ClN3S. The number of hydrogen-bond acceptors (Lipinski definition) is 4. The maximum Gasteiger partial charge on any atom is 0.135 e. The summed E-state index contributed by atoms with van der Waals surface area (Å²) >= 11 is 8.16. The molecule has 0 atom stereocenters. The Morgan fingerprint density at radius 3 is 2.83 bits per heavy atom. The van der Waals surface area contributed by atoms with Crippen molar-refractivity contribution in [3.05, 3.63) is 17.0 Å². The van der Waals surface area contributed by atoms with Gasteiger partial charge in [0.15, 0.2) is 0 Å². The molecule has 1 aliphatic carbocycles. The fourth-order valence-electron chi connectivity index (χ4n) is 2.32. The molecule has 0 unspecified atom stereocenters. The molecule has 0 radical (unpaired) electrons. The maximum atomic E-state index is 6.13. The smallest absolute Gasteiger partial charge is 0.135 e. The molecule has 1 saturated carbocycles. The first-order valence-electron chi connectivity index (χ1n) is 6.47. The Bertz CT molecular complexity index is 460. The van der Waals surface area contributed by atoms with E-state index in [0.29, 0.717) is 11.1 Å². The van der Waals surface area contributed by atoms with Gasteiger partial charge >= 0.3 is 0 Å². The van der Waals surface area contributed by atoms with Gasteiger partial charge in [0, 0.05) is 35.6 Å². The monoisotopic (exact) mass is 283 g/mol. The van der Waals surface area contributed by atoms with Crippen LogP contribution in [0.4, 0.5) is 5.82 Å². The van der Waals surface area contributed by atoms with Crippen LogP contribution in [0, 0.1) is 0 Å². The second kappa shape index (κ2) is 4.57. The lowest BCUT2D eigenvalue weighted by atomic mass is 10.2. The van der Waals surface area contributed by atoms with E-state index < -0.39 is 0 Å². The summed E-state index contributed by atoms with van der Waals surface area (Å²) in [5.41, 5.74) is 0. The highest BCUT2D eigenvalue weighted by atomic mass is 35.5. The predicted molar refractivity (Wildman–Crippen MR) is 77.8 cm³/mol. The average Bonchev–Trinajstić information content (AvgIpc) is 3.10. The third-order valence-electron chi connectivity index (χ3n) is 3.39. The fourth-order valence-corrected chi connectivity index (χ4v) is 3.62. The first-order chi connectivity index (χ1) is 8.53. The number of rotatable bonds is 2. The van der Waals surface area contributed by atoms with E-state index >= 15 is 0 Å². The fraction of sp³-hybridized carbons (Fsp3) is 0.692. The molecule has 1 saturated heterocycles. The molecule has 98 valence electrons. The minimum Gasteiger partial charge on any atom is -0.354 e. The van der Waals surface area contributed by atoms with Gasteiger partial charge in [-0.3, -0.25) is 0 Å². The summed E-state index contributed by atoms with van der Waals surface area (Å²) < 4.78 is 0.287. The Morgan fingerprint density at radius 1 is 1.39 bits per heavy atom. The molecule has 18 heavy (non-hydrogen) atoms. The highest BCUT2D eigenvalue weighted by Crippen LogP contribution is 2.39. The molecule has 5 heteroatoms. The van der Waals surface area contributed by atoms with Crippen LogP contribution in [-0.2, 0) is 0 Å². The van der Waals surface area contributed by atoms with Crippen molar-refractivity contribution < 1.29 is 0 Å². The molecule has 1 aliphatic heterocycles. The molecule has 3 nitrogen and oxygen atoms in total. The van der Waals surface area contributed by atoms with Crippen molar-refractivity contribution in [3.8, 4) is 0 Å². The second-order valence-electron chi connectivity index (χ2n) is 5.71. The molecule has 0 spiro atoms. The van der Waals surface area contributed by atoms with Crippen LogP contribution in [-0.4, -0.2) is 33.6 Å². The maximum absolute atomic E-state index is 6.13. The van der Waals surface area contributed by atoms with Crippen LogP contribution < -0.4 is 4.90 Å². The predicted octanol–water partition coefficient (Wildman–Crippen LogP) is 3.34. The zero-order valence-electron chi connectivity index (χ0n) is 10.8. The minimum absolute atomic E-state index is 0.287. The Hall–Kier alpha value is -0.480. The molecule has 0 N–H and O–H groups in total. The molecule has 1 aromatic rings. The third-order valence-corrected chi connectivity index (χ3v) is 4.88. The van der Waals surface area contributed by atoms with Crippen LogP contribution in [0.15, 0.2) is 6.07 Å². The SMILES string of the molecule is CC1(C)CN(c2cc(Cl)nc(C3CC3)n2)CCS1. The number of thioether (sulfide) groups is 1. The zero-order chi connectivity index (χ0) is 12.8. The standard InChI is InChI=1S/C13H18ClN3S/c1-13(2)8-17(5-6-18-13)11-7-10(14)15-12(16-11)9-3-4-9/h7,9H,3-6,8H2,1-2H3. The van der Waals surface area contributed by atoms with Crippen LogP contribution in [0.5, 0.6) is 0 Å². The molecule has 2 fully saturated rings. The van der Waals surface area contributed by atoms with Gasteiger partial charge in [0.1, 0.15) is 16.8 Å². The molecule has 2 aliphatic rings. The van der Waals surface area contributed by atoms with Gasteiger partial charge in [-0.1, -0.05) is 11.6 Å². The van der Waals surface area contributed by atoms with E-state index in [1.54, 1.807) is 0 Å². The van der Waals surface area contributed by atoms with E-state index in [1.165, 1.54) is 12.8 Å². The van der Waals surface area contributed by atoms with Crippen molar-refractivity contribution in [3.63, 3.8) is 0 Å². The lowest BCUT2D eigenvalue weighted by Gasteiger charge is -2.38. The summed E-state index contributed by atoms with van der Waals surface area (Å²) in [4.78, 5) is 11.4. The Labute approximate surface area is 117 Å². The summed E-state index contributed by atoms with van der Waals surface area (Å²) in [6.45, 7) is 6.64. The highest BCUT2D eigenvalue weighted by Gasteiger charge is 2.30. The molecular weight excluding hydrogens is 266 g/mol. The molecule has 2 heterocycles. The van der Waals surface area contributed by atoms with E-state index in [2.05, 4.69) is 23.7 Å². The van der Waals surface area contributed by atoms with E-state index in [1.807, 2.05) is 17.8 Å². The highest BCUT2D eigenvalue weighted by molar-refractivity contribution is 8.00. The quantitative estimate of drug-likeness (QED) is 0.779. The lowest BCUT2D eigenvalue weighted by molar-refractivity contribution is 0.640. The summed E-state index contributed by atoms with van der Waals surface area (Å²) in [6.07, 6.45) is 2.42. The zero-order valence-corrected chi connectivity index (χ0v) is 12.4. The van der Waals surface area contributed by atoms with Gasteiger partial charge in [0.25, 0.3) is 0 Å². The van der Waals surface area contributed by atoms with Crippen LogP contribution in [0.1, 0.15) is 38.4 Å². The van der Waals surface area contributed by atoms with E-state index in [-0.39, 0.29) is 4.75 Å². The summed E-state index contributed by atoms with van der Waals surface area (Å²) in [7, 11) is 0. The number of halogens is 1. The summed E-state index contributed by atoms with van der Waals surface area (Å²) in [6, 6.07) is 1.90. The van der Waals surface area contributed by atoms with Crippen LogP contribution in [0.2, 0.25) is 5.15 Å². The topological polar surface area (TPSA) is 29.0 Å². The summed E-state index contributed by atoms with van der Waals surface area (Å²) in [5, 5.41) is 0.581. The molecule has 0 aromatic carbocycles. The Balaban J connectivity index is 1.86. The third kappa shape index (κ3) is 2.75. The van der Waals surface area contributed by atoms with Crippen LogP contribution in [0.3, 0.4) is 0 Å². The number of anilines is 1. The van der Waals surface area contributed by atoms with E-state index in [9.17, 15) is 0 Å². The minimum atomic E-state index is 0.287. The first-order valence-corrected chi connectivity index (χ1v) is 7.83. The van der Waals surface area contributed by atoms with Gasteiger partial charge in [-0.15, -0.1) is 0 Å². The van der Waals surface area contributed by atoms with Gasteiger partial charge in [-0.05, 0) is 26.7 Å². The summed E-state index contributed by atoms with van der Waals surface area (Å²) in [5.74, 6) is 3.64. The van der Waals surface area contributed by atoms with Gasteiger partial charge < -0.3 is 4.90 Å².